The van der Waals surface area contributed by atoms with E-state index in [1.165, 1.54) is 6.42 Å². The van der Waals surface area contributed by atoms with Gasteiger partial charge in [-0.25, -0.2) is 0 Å². The maximum atomic E-state index is 12.9. The van der Waals surface area contributed by atoms with Crippen molar-refractivity contribution < 1.29 is 9.59 Å². The van der Waals surface area contributed by atoms with Crippen LogP contribution in [0.4, 0.5) is 11.4 Å². The van der Waals surface area contributed by atoms with Crippen LogP contribution in [-0.2, 0) is 0 Å². The number of anilines is 2. The Morgan fingerprint density at radius 1 is 0.966 bits per heavy atom. The molecule has 0 radical (unpaired) electrons. The van der Waals surface area contributed by atoms with Gasteiger partial charge in [0.05, 0.1) is 11.3 Å². The molecule has 0 bridgehead atoms. The van der Waals surface area contributed by atoms with Gasteiger partial charge in [0.25, 0.3) is 11.8 Å². The summed E-state index contributed by atoms with van der Waals surface area (Å²) in [6.45, 7) is 7.79. The highest BCUT2D eigenvalue weighted by molar-refractivity contribution is 6.09. The zero-order valence-electron chi connectivity index (χ0n) is 17.5. The van der Waals surface area contributed by atoms with E-state index in [0.717, 1.165) is 51.1 Å². The number of amides is 2. The zero-order valence-corrected chi connectivity index (χ0v) is 17.5. The van der Waals surface area contributed by atoms with Gasteiger partial charge in [0, 0.05) is 37.4 Å². The summed E-state index contributed by atoms with van der Waals surface area (Å²) in [5.74, 6) is -0.205. The molecule has 5 heteroatoms. The average molecular weight is 394 g/mol. The van der Waals surface area contributed by atoms with Crippen molar-refractivity contribution in [3.8, 4) is 0 Å². The summed E-state index contributed by atoms with van der Waals surface area (Å²) in [5.41, 5.74) is 2.82. The van der Waals surface area contributed by atoms with Crippen molar-refractivity contribution in [1.82, 2.24) is 4.90 Å². The molecule has 1 fully saturated rings. The van der Waals surface area contributed by atoms with Crippen LogP contribution in [-0.4, -0.2) is 42.9 Å². The highest BCUT2D eigenvalue weighted by Gasteiger charge is 2.21. The lowest BCUT2D eigenvalue weighted by Gasteiger charge is -2.27. The first-order valence-electron chi connectivity index (χ1n) is 10.7. The van der Waals surface area contributed by atoms with Gasteiger partial charge in [-0.3, -0.25) is 9.59 Å². The summed E-state index contributed by atoms with van der Waals surface area (Å²) >= 11 is 0. The van der Waals surface area contributed by atoms with Gasteiger partial charge in [-0.05, 0) is 69.0 Å². The summed E-state index contributed by atoms with van der Waals surface area (Å²) in [5, 5.41) is 2.93. The van der Waals surface area contributed by atoms with Gasteiger partial charge in [-0.15, -0.1) is 0 Å². The number of para-hydroxylation sites is 1. The van der Waals surface area contributed by atoms with Gasteiger partial charge < -0.3 is 15.1 Å². The van der Waals surface area contributed by atoms with Gasteiger partial charge in [-0.1, -0.05) is 19.1 Å². The summed E-state index contributed by atoms with van der Waals surface area (Å²) < 4.78 is 0. The molecule has 29 heavy (non-hydrogen) atoms. The molecule has 0 unspecified atom stereocenters. The number of benzene rings is 2. The van der Waals surface area contributed by atoms with E-state index in [1.54, 1.807) is 12.1 Å². The highest BCUT2D eigenvalue weighted by Crippen LogP contribution is 2.22. The smallest absolute Gasteiger partial charge is 0.255 e. The van der Waals surface area contributed by atoms with Crippen molar-refractivity contribution in [3.05, 3.63) is 59.7 Å². The van der Waals surface area contributed by atoms with Crippen molar-refractivity contribution in [2.24, 2.45) is 0 Å². The van der Waals surface area contributed by atoms with Gasteiger partial charge in [0.15, 0.2) is 0 Å². The largest absolute Gasteiger partial charge is 0.372 e. The predicted molar refractivity (Wildman–Crippen MR) is 119 cm³/mol. The van der Waals surface area contributed by atoms with Gasteiger partial charge >= 0.3 is 0 Å². The average Bonchev–Trinajstić information content (AvgIpc) is 2.78. The number of carbonyl (C=O) groups excluding carboxylic acids is 2. The fourth-order valence-corrected chi connectivity index (χ4v) is 3.80. The molecular weight excluding hydrogens is 362 g/mol. The molecule has 1 heterocycles. The van der Waals surface area contributed by atoms with Crippen LogP contribution in [0.5, 0.6) is 0 Å². The van der Waals surface area contributed by atoms with Crippen LogP contribution < -0.4 is 10.2 Å². The first kappa shape index (κ1) is 20.9. The van der Waals surface area contributed by atoms with Gasteiger partial charge in [0.2, 0.25) is 0 Å². The van der Waals surface area contributed by atoms with Crippen molar-refractivity contribution in [2.75, 3.05) is 36.4 Å². The Labute approximate surface area is 173 Å². The maximum absolute atomic E-state index is 12.9. The molecule has 1 aliphatic heterocycles. The second-order valence-corrected chi connectivity index (χ2v) is 7.48. The van der Waals surface area contributed by atoms with Crippen LogP contribution in [0.1, 0.15) is 60.2 Å². The molecule has 2 aromatic rings. The fourth-order valence-electron chi connectivity index (χ4n) is 3.80. The molecule has 2 aromatic carbocycles. The Balaban J connectivity index is 1.73. The molecule has 154 valence electrons. The Morgan fingerprint density at radius 2 is 1.66 bits per heavy atom. The van der Waals surface area contributed by atoms with E-state index in [4.69, 9.17) is 0 Å². The number of nitrogens with one attached hydrogen (secondary N) is 1. The third-order valence-corrected chi connectivity index (χ3v) is 5.42. The lowest BCUT2D eigenvalue weighted by molar-refractivity contribution is 0.0725. The number of carbonyl (C=O) groups is 2. The molecule has 0 aromatic heterocycles. The molecule has 0 saturated carbocycles. The summed E-state index contributed by atoms with van der Waals surface area (Å²) in [4.78, 5) is 29.9. The normalized spacial score (nSPS) is 13.8. The molecular formula is C24H31N3O2. The van der Waals surface area contributed by atoms with Crippen molar-refractivity contribution in [1.29, 1.82) is 0 Å². The van der Waals surface area contributed by atoms with Gasteiger partial charge in [0.1, 0.15) is 0 Å². The minimum atomic E-state index is -0.200. The number of hydrogen-bond donors (Lipinski definition) is 1. The van der Waals surface area contributed by atoms with Crippen LogP contribution in [0.25, 0.3) is 0 Å². The SMILES string of the molecule is CCCN(CC)c1ccc(C(=O)Nc2ccccc2C(=O)N2CCCCC2)cc1. The van der Waals surface area contributed by atoms with Crippen molar-refractivity contribution in [2.45, 2.75) is 39.5 Å². The first-order chi connectivity index (χ1) is 14.1. The predicted octanol–water partition coefficient (Wildman–Crippen LogP) is 4.80. The minimum absolute atomic E-state index is 0.00546. The van der Waals surface area contributed by atoms with Crippen LogP contribution in [0.15, 0.2) is 48.5 Å². The molecule has 3 rings (SSSR count). The third kappa shape index (κ3) is 5.17. The number of rotatable bonds is 7. The van der Waals surface area contributed by atoms with E-state index in [0.29, 0.717) is 16.8 Å². The van der Waals surface area contributed by atoms with Crippen molar-refractivity contribution in [3.63, 3.8) is 0 Å². The molecule has 1 N–H and O–H groups in total. The van der Waals surface area contributed by atoms with E-state index in [9.17, 15) is 9.59 Å². The number of nitrogens with zero attached hydrogens (tertiary/aromatic N) is 2. The molecule has 1 aliphatic rings. The Hall–Kier alpha value is -2.82. The van der Waals surface area contributed by atoms with Crippen LogP contribution in [0.3, 0.4) is 0 Å². The van der Waals surface area contributed by atoms with E-state index in [1.807, 2.05) is 41.3 Å². The summed E-state index contributed by atoms with van der Waals surface area (Å²) in [7, 11) is 0. The lowest BCUT2D eigenvalue weighted by Crippen LogP contribution is -2.36. The first-order valence-corrected chi connectivity index (χ1v) is 10.7. The monoisotopic (exact) mass is 393 g/mol. The van der Waals surface area contributed by atoms with E-state index in [-0.39, 0.29) is 11.8 Å². The molecule has 0 spiro atoms. The Bertz CT molecular complexity index is 826. The zero-order chi connectivity index (χ0) is 20.6. The summed E-state index contributed by atoms with van der Waals surface area (Å²) in [6, 6.07) is 14.9. The summed E-state index contributed by atoms with van der Waals surface area (Å²) in [6.07, 6.45) is 4.34. The molecule has 1 saturated heterocycles. The van der Waals surface area contributed by atoms with Crippen LogP contribution in [0.2, 0.25) is 0 Å². The lowest BCUT2D eigenvalue weighted by atomic mass is 10.1. The Morgan fingerprint density at radius 3 is 2.31 bits per heavy atom. The minimum Gasteiger partial charge on any atom is -0.372 e. The number of likely N-dealkylation sites (tertiary alicyclic amines) is 1. The molecule has 0 atom stereocenters. The van der Waals surface area contributed by atoms with Crippen LogP contribution >= 0.6 is 0 Å². The maximum Gasteiger partial charge on any atom is 0.255 e. The third-order valence-electron chi connectivity index (χ3n) is 5.42. The topological polar surface area (TPSA) is 52.7 Å². The van der Waals surface area contributed by atoms with E-state index < -0.39 is 0 Å². The number of hydrogen-bond acceptors (Lipinski definition) is 3. The highest BCUT2D eigenvalue weighted by atomic mass is 16.2. The second-order valence-electron chi connectivity index (χ2n) is 7.48. The Kier molecular flexibility index (Phi) is 7.28. The van der Waals surface area contributed by atoms with E-state index >= 15 is 0 Å². The van der Waals surface area contributed by atoms with Crippen LogP contribution in [0, 0.1) is 0 Å². The second kappa shape index (κ2) is 10.1. The fraction of sp³-hybridized carbons (Fsp3) is 0.417. The molecule has 5 nitrogen and oxygen atoms in total. The van der Waals surface area contributed by atoms with E-state index in [2.05, 4.69) is 24.1 Å². The number of piperidine rings is 1. The molecule has 0 aliphatic carbocycles. The quantitative estimate of drug-likeness (QED) is 0.735. The standard InChI is InChI=1S/C24H31N3O2/c1-3-16-26(4-2)20-14-12-19(13-15-20)23(28)25-22-11-7-6-10-21(22)24(29)27-17-8-5-9-18-27/h6-7,10-15H,3-5,8-9,16-18H2,1-2H3,(H,25,28). The molecule has 2 amide bonds. The van der Waals surface area contributed by atoms with Gasteiger partial charge in [-0.2, -0.15) is 0 Å². The van der Waals surface area contributed by atoms with Crippen molar-refractivity contribution >= 4 is 23.2 Å².